The van der Waals surface area contributed by atoms with E-state index in [0.29, 0.717) is 16.9 Å². The van der Waals surface area contributed by atoms with Crippen molar-refractivity contribution in [1.29, 1.82) is 0 Å². The molecule has 3 N–H and O–H groups in total. The maximum atomic E-state index is 14.8. The number of benzene rings is 2. The van der Waals surface area contributed by atoms with Crippen molar-refractivity contribution in [2.45, 2.75) is 22.9 Å². The standard InChI is InChI=1S/C24H21F2N3O4S/c25-13-9-15-16(17(26)10-13)12-34-19-4-2-1-3-14(19)21(15)28-20-11-33-8-7-29(20)24(32)22-23(31)18(30)5-6-27-22/h1-6,9-10,20-21,28,31H,7-8,11-12H2,(H,27,30)/t20-,21+/m0/s1. The summed E-state index contributed by atoms with van der Waals surface area (Å²) in [4.78, 5) is 30.1. The lowest BCUT2D eigenvalue weighted by Gasteiger charge is -2.38. The van der Waals surface area contributed by atoms with Gasteiger partial charge in [-0.3, -0.25) is 14.9 Å². The zero-order chi connectivity index (χ0) is 23.8. The lowest BCUT2D eigenvalue weighted by molar-refractivity contribution is -0.0151. The molecule has 1 fully saturated rings. The number of aromatic nitrogens is 1. The second-order valence-electron chi connectivity index (χ2n) is 8.04. The highest BCUT2D eigenvalue weighted by molar-refractivity contribution is 7.98. The SMILES string of the molecule is O=C(c1[nH]ccc(=O)c1O)N1CCOC[C@H]1N[C@@H]1c2ccccc2SCc2c(F)cc(F)cc21. The van der Waals surface area contributed by atoms with Crippen LogP contribution in [0.15, 0.2) is 58.4 Å². The Morgan fingerprint density at radius 2 is 2.03 bits per heavy atom. The van der Waals surface area contributed by atoms with Crippen LogP contribution in [0.3, 0.4) is 0 Å². The number of thioether (sulfide) groups is 1. The van der Waals surface area contributed by atoms with Crippen LogP contribution in [0.5, 0.6) is 5.75 Å². The van der Waals surface area contributed by atoms with Gasteiger partial charge in [0.1, 0.15) is 17.8 Å². The number of H-pyrrole nitrogens is 1. The Kier molecular flexibility index (Phi) is 6.11. The summed E-state index contributed by atoms with van der Waals surface area (Å²) in [5.74, 6) is -2.23. The fraction of sp³-hybridized carbons (Fsp3) is 0.250. The molecule has 34 heavy (non-hydrogen) atoms. The molecule has 2 aromatic carbocycles. The summed E-state index contributed by atoms with van der Waals surface area (Å²) in [7, 11) is 0. The van der Waals surface area contributed by atoms with Crippen molar-refractivity contribution >= 4 is 17.7 Å². The zero-order valence-electron chi connectivity index (χ0n) is 17.9. The molecule has 2 atom stereocenters. The molecule has 1 amide bonds. The van der Waals surface area contributed by atoms with E-state index in [2.05, 4.69) is 10.3 Å². The average molecular weight is 486 g/mol. The summed E-state index contributed by atoms with van der Waals surface area (Å²) in [6.07, 6.45) is 0.600. The second-order valence-corrected chi connectivity index (χ2v) is 9.05. The van der Waals surface area contributed by atoms with E-state index < -0.39 is 40.9 Å². The van der Waals surface area contributed by atoms with Gasteiger partial charge in [-0.05, 0) is 23.3 Å². The number of aromatic hydroxyl groups is 1. The molecule has 0 unspecified atom stereocenters. The van der Waals surface area contributed by atoms with Gasteiger partial charge in [-0.1, -0.05) is 18.2 Å². The van der Waals surface area contributed by atoms with E-state index in [9.17, 15) is 23.5 Å². The molecule has 7 nitrogen and oxygen atoms in total. The van der Waals surface area contributed by atoms with Gasteiger partial charge in [-0.2, -0.15) is 0 Å². The minimum atomic E-state index is -0.690. The number of carbonyl (C=O) groups is 1. The highest BCUT2D eigenvalue weighted by Crippen LogP contribution is 2.41. The van der Waals surface area contributed by atoms with Gasteiger partial charge in [0.2, 0.25) is 5.43 Å². The van der Waals surface area contributed by atoms with E-state index in [1.165, 1.54) is 28.9 Å². The van der Waals surface area contributed by atoms with Crippen LogP contribution in [0.4, 0.5) is 8.78 Å². The van der Waals surface area contributed by atoms with Crippen LogP contribution < -0.4 is 10.7 Å². The maximum absolute atomic E-state index is 14.8. The minimum absolute atomic E-state index is 0.114. The highest BCUT2D eigenvalue weighted by atomic mass is 32.2. The molecule has 3 aromatic rings. The normalized spacial score (nSPS) is 19.8. The fourth-order valence-electron chi connectivity index (χ4n) is 4.34. The van der Waals surface area contributed by atoms with Crippen LogP contribution in [0.2, 0.25) is 0 Å². The van der Waals surface area contributed by atoms with Gasteiger partial charge in [0, 0.05) is 41.1 Å². The average Bonchev–Trinajstić information content (AvgIpc) is 2.98. The van der Waals surface area contributed by atoms with Crippen LogP contribution in [0.25, 0.3) is 0 Å². The Balaban J connectivity index is 1.55. The molecule has 0 aliphatic carbocycles. The number of aromatic amines is 1. The maximum Gasteiger partial charge on any atom is 0.275 e. The third kappa shape index (κ3) is 4.08. The topological polar surface area (TPSA) is 94.7 Å². The van der Waals surface area contributed by atoms with E-state index >= 15 is 0 Å². The molecule has 1 saturated heterocycles. The van der Waals surface area contributed by atoms with E-state index in [1.54, 1.807) is 0 Å². The largest absolute Gasteiger partial charge is 0.503 e. The molecule has 10 heteroatoms. The Labute approximate surface area is 197 Å². The first kappa shape index (κ1) is 22.6. The molecule has 0 radical (unpaired) electrons. The summed E-state index contributed by atoms with van der Waals surface area (Å²) < 4.78 is 34.7. The van der Waals surface area contributed by atoms with Crippen LogP contribution in [-0.2, 0) is 10.5 Å². The number of carbonyl (C=O) groups excluding carboxylic acids is 1. The predicted molar refractivity (Wildman–Crippen MR) is 122 cm³/mol. The fourth-order valence-corrected chi connectivity index (χ4v) is 5.47. The number of fused-ring (bicyclic) bond motifs is 2. The molecule has 0 saturated carbocycles. The number of hydrogen-bond acceptors (Lipinski definition) is 6. The minimum Gasteiger partial charge on any atom is -0.503 e. The van der Waals surface area contributed by atoms with Gasteiger partial charge < -0.3 is 19.7 Å². The number of pyridine rings is 1. The lowest BCUT2D eigenvalue weighted by Crippen LogP contribution is -2.56. The highest BCUT2D eigenvalue weighted by Gasteiger charge is 2.35. The summed E-state index contributed by atoms with van der Waals surface area (Å²) in [5, 5.41) is 13.5. The third-order valence-corrected chi connectivity index (χ3v) is 7.12. The van der Waals surface area contributed by atoms with Crippen molar-refractivity contribution in [2.75, 3.05) is 19.8 Å². The smallest absolute Gasteiger partial charge is 0.275 e. The second kappa shape index (κ2) is 9.21. The zero-order valence-corrected chi connectivity index (χ0v) is 18.7. The lowest BCUT2D eigenvalue weighted by atomic mass is 9.94. The number of hydrogen-bond donors (Lipinski definition) is 3. The van der Waals surface area contributed by atoms with Crippen molar-refractivity contribution in [1.82, 2.24) is 15.2 Å². The van der Waals surface area contributed by atoms with E-state index in [4.69, 9.17) is 4.74 Å². The Hall–Kier alpha value is -3.21. The summed E-state index contributed by atoms with van der Waals surface area (Å²) >= 11 is 1.46. The van der Waals surface area contributed by atoms with Crippen molar-refractivity contribution < 1.29 is 23.4 Å². The van der Waals surface area contributed by atoms with Gasteiger partial charge in [-0.15, -0.1) is 11.8 Å². The number of nitrogens with one attached hydrogen (secondary N) is 2. The van der Waals surface area contributed by atoms with Crippen molar-refractivity contribution in [3.63, 3.8) is 0 Å². The van der Waals surface area contributed by atoms with Crippen LogP contribution in [-0.4, -0.2) is 46.8 Å². The first-order valence-corrected chi connectivity index (χ1v) is 11.7. The number of halogens is 2. The number of rotatable bonds is 3. The van der Waals surface area contributed by atoms with Crippen molar-refractivity contribution in [3.8, 4) is 5.75 Å². The third-order valence-electron chi connectivity index (χ3n) is 6.00. The molecule has 3 heterocycles. The molecule has 176 valence electrons. The number of morpholine rings is 1. The molecule has 1 aromatic heterocycles. The monoisotopic (exact) mass is 485 g/mol. The molecular weight excluding hydrogens is 464 g/mol. The molecular formula is C24H21F2N3O4S. The van der Waals surface area contributed by atoms with Gasteiger partial charge in [0.15, 0.2) is 11.4 Å². The van der Waals surface area contributed by atoms with Gasteiger partial charge >= 0.3 is 0 Å². The molecule has 2 aliphatic rings. The summed E-state index contributed by atoms with van der Waals surface area (Å²) in [5.41, 5.74) is 0.763. The number of ether oxygens (including phenoxy) is 1. The van der Waals surface area contributed by atoms with Crippen LogP contribution in [0, 0.1) is 11.6 Å². The van der Waals surface area contributed by atoms with Crippen LogP contribution in [0.1, 0.15) is 33.2 Å². The quantitative estimate of drug-likeness (QED) is 0.528. The number of amides is 1. The molecule has 2 aliphatic heterocycles. The summed E-state index contributed by atoms with van der Waals surface area (Å²) in [6.45, 7) is 0.571. The first-order valence-electron chi connectivity index (χ1n) is 10.7. The Morgan fingerprint density at radius 1 is 1.21 bits per heavy atom. The van der Waals surface area contributed by atoms with Gasteiger partial charge in [0.25, 0.3) is 5.91 Å². The molecule has 5 rings (SSSR count). The van der Waals surface area contributed by atoms with Crippen molar-refractivity contribution in [3.05, 3.63) is 92.9 Å². The Morgan fingerprint density at radius 3 is 2.88 bits per heavy atom. The first-order chi connectivity index (χ1) is 16.4. The Bertz CT molecular complexity index is 1320. The van der Waals surface area contributed by atoms with Crippen LogP contribution >= 0.6 is 11.8 Å². The summed E-state index contributed by atoms with van der Waals surface area (Å²) in [6, 6.07) is 10.2. The van der Waals surface area contributed by atoms with Crippen molar-refractivity contribution in [2.24, 2.45) is 0 Å². The van der Waals surface area contributed by atoms with Gasteiger partial charge in [0.05, 0.1) is 19.3 Å². The van der Waals surface area contributed by atoms with E-state index in [1.807, 2.05) is 24.3 Å². The molecule has 0 spiro atoms. The van der Waals surface area contributed by atoms with E-state index in [0.717, 1.165) is 22.6 Å². The predicted octanol–water partition coefficient (Wildman–Crippen LogP) is 3.14. The number of nitrogens with zero attached hydrogens (tertiary/aromatic N) is 1. The van der Waals surface area contributed by atoms with E-state index in [-0.39, 0.29) is 25.5 Å². The van der Waals surface area contributed by atoms with Gasteiger partial charge in [-0.25, -0.2) is 8.78 Å². The molecule has 0 bridgehead atoms.